The summed E-state index contributed by atoms with van der Waals surface area (Å²) in [5, 5.41) is 11.4. The molecule has 0 aliphatic carbocycles. The van der Waals surface area contributed by atoms with Gasteiger partial charge in [0.15, 0.2) is 0 Å². The maximum Gasteiger partial charge on any atom is 0.115 e. The zero-order valence-corrected chi connectivity index (χ0v) is 10.2. The number of aromatic hydroxyl groups is 1. The van der Waals surface area contributed by atoms with Gasteiger partial charge in [0.25, 0.3) is 0 Å². The number of nitroso groups, excluding NO2 is 1. The Morgan fingerprint density at radius 1 is 1.06 bits per heavy atom. The van der Waals surface area contributed by atoms with E-state index in [-0.39, 0.29) is 5.75 Å². The van der Waals surface area contributed by atoms with Crippen molar-refractivity contribution in [1.82, 2.24) is 4.90 Å². The molecule has 0 amide bonds. The maximum absolute atomic E-state index is 9.79. The summed E-state index contributed by atoms with van der Waals surface area (Å²) in [6, 6.07) is 5.72. The second-order valence-electron chi connectivity index (χ2n) is 3.23. The first-order valence-electron chi connectivity index (χ1n) is 5.52. The van der Waals surface area contributed by atoms with Crippen LogP contribution in [0.5, 0.6) is 5.75 Å². The van der Waals surface area contributed by atoms with Gasteiger partial charge in [-0.3, -0.25) is 0 Å². The number of phenolic OH excluding ortho intramolecular Hbond substituents is 1. The molecule has 0 saturated heterocycles. The van der Waals surface area contributed by atoms with Crippen molar-refractivity contribution >= 4 is 5.69 Å². The highest BCUT2D eigenvalue weighted by atomic mass is 16.3. The minimum atomic E-state index is 0.141. The molecule has 0 aromatic heterocycles. The quantitative estimate of drug-likeness (QED) is 0.799. The van der Waals surface area contributed by atoms with Crippen LogP contribution < -0.4 is 0 Å². The fourth-order valence-corrected chi connectivity index (χ4v) is 1.18. The summed E-state index contributed by atoms with van der Waals surface area (Å²) in [6.45, 7) is 10.1. The summed E-state index contributed by atoms with van der Waals surface area (Å²) in [6.07, 6.45) is 0. The lowest BCUT2D eigenvalue weighted by molar-refractivity contribution is 0.321. The molecule has 90 valence electrons. The smallest absolute Gasteiger partial charge is 0.115 e. The molecule has 16 heavy (non-hydrogen) atoms. The lowest BCUT2D eigenvalue weighted by Gasteiger charge is -2.13. The van der Waals surface area contributed by atoms with Gasteiger partial charge in [-0.2, -0.15) is 0 Å². The molecule has 0 unspecified atom stereocenters. The zero-order valence-electron chi connectivity index (χ0n) is 10.2. The van der Waals surface area contributed by atoms with Gasteiger partial charge in [-0.15, -0.1) is 4.91 Å². The van der Waals surface area contributed by atoms with Crippen molar-refractivity contribution in [3.63, 3.8) is 0 Å². The molecule has 0 spiro atoms. The van der Waals surface area contributed by atoms with Gasteiger partial charge < -0.3 is 10.0 Å². The highest BCUT2D eigenvalue weighted by Crippen LogP contribution is 2.15. The number of benzene rings is 1. The third kappa shape index (κ3) is 6.14. The van der Waals surface area contributed by atoms with E-state index in [4.69, 9.17) is 5.11 Å². The number of nitrogens with zero attached hydrogens (tertiary/aromatic N) is 2. The van der Waals surface area contributed by atoms with E-state index in [1.165, 1.54) is 43.9 Å². The third-order valence-electron chi connectivity index (χ3n) is 2.30. The van der Waals surface area contributed by atoms with Crippen LogP contribution in [0.2, 0.25) is 0 Å². The van der Waals surface area contributed by atoms with E-state index < -0.39 is 0 Å². The molecule has 0 radical (unpaired) electrons. The minimum absolute atomic E-state index is 0.141. The van der Waals surface area contributed by atoms with Crippen LogP contribution in [0.4, 0.5) is 5.69 Å². The molecule has 0 aliphatic heterocycles. The van der Waals surface area contributed by atoms with E-state index in [1.54, 1.807) is 0 Å². The van der Waals surface area contributed by atoms with Crippen molar-refractivity contribution in [1.29, 1.82) is 0 Å². The monoisotopic (exact) mass is 224 g/mol. The van der Waals surface area contributed by atoms with Crippen molar-refractivity contribution in [2.75, 3.05) is 19.6 Å². The Balaban J connectivity index is 0.000000293. The second kappa shape index (κ2) is 8.85. The van der Waals surface area contributed by atoms with E-state index >= 15 is 0 Å². The third-order valence-corrected chi connectivity index (χ3v) is 2.30. The van der Waals surface area contributed by atoms with Gasteiger partial charge in [0.2, 0.25) is 0 Å². The maximum atomic E-state index is 9.79. The predicted octanol–water partition coefficient (Wildman–Crippen LogP) is 3.14. The standard InChI is InChI=1S/C6H5NO2.C6H15N/c8-6-3-1-5(7-9)2-4-6;1-4-7(5-2)6-3/h1-4,8H;4-6H2,1-3H3. The summed E-state index contributed by atoms with van der Waals surface area (Å²) in [7, 11) is 0. The van der Waals surface area contributed by atoms with Crippen LogP contribution in [0, 0.1) is 4.91 Å². The van der Waals surface area contributed by atoms with Crippen LogP contribution in [0.25, 0.3) is 0 Å². The first-order valence-corrected chi connectivity index (χ1v) is 5.52. The summed E-state index contributed by atoms with van der Waals surface area (Å²) in [5.74, 6) is 0.141. The van der Waals surface area contributed by atoms with Crippen LogP contribution in [0.3, 0.4) is 0 Å². The highest BCUT2D eigenvalue weighted by Gasteiger charge is 1.89. The molecule has 1 rings (SSSR count). The lowest BCUT2D eigenvalue weighted by atomic mass is 10.3. The predicted molar refractivity (Wildman–Crippen MR) is 67.0 cm³/mol. The summed E-state index contributed by atoms with van der Waals surface area (Å²) in [5.41, 5.74) is 0.327. The first-order chi connectivity index (χ1) is 7.67. The molecule has 1 aromatic carbocycles. The van der Waals surface area contributed by atoms with Crippen molar-refractivity contribution in [2.24, 2.45) is 5.18 Å². The van der Waals surface area contributed by atoms with E-state index in [1.807, 2.05) is 0 Å². The molecule has 0 heterocycles. The molecular formula is C12H20N2O2. The molecule has 1 N–H and O–H groups in total. The second-order valence-corrected chi connectivity index (χ2v) is 3.23. The van der Waals surface area contributed by atoms with Crippen molar-refractivity contribution in [2.45, 2.75) is 20.8 Å². The van der Waals surface area contributed by atoms with E-state index in [0.717, 1.165) is 0 Å². The van der Waals surface area contributed by atoms with E-state index in [9.17, 15) is 4.91 Å². The summed E-state index contributed by atoms with van der Waals surface area (Å²) < 4.78 is 0. The molecule has 1 aromatic rings. The number of hydrogen-bond donors (Lipinski definition) is 1. The lowest BCUT2D eigenvalue weighted by Crippen LogP contribution is -2.21. The van der Waals surface area contributed by atoms with Crippen molar-refractivity contribution < 1.29 is 5.11 Å². The van der Waals surface area contributed by atoms with Crippen LogP contribution in [0.1, 0.15) is 20.8 Å². The topological polar surface area (TPSA) is 52.9 Å². The summed E-state index contributed by atoms with van der Waals surface area (Å²) >= 11 is 0. The Labute approximate surface area is 96.9 Å². The average molecular weight is 224 g/mol. The van der Waals surface area contributed by atoms with Gasteiger partial charge in [-0.25, -0.2) is 0 Å². The zero-order chi connectivity index (χ0) is 12.4. The molecule has 0 fully saturated rings. The van der Waals surface area contributed by atoms with E-state index in [0.29, 0.717) is 5.69 Å². The van der Waals surface area contributed by atoms with Crippen LogP contribution >= 0.6 is 0 Å². The van der Waals surface area contributed by atoms with Crippen LogP contribution in [0.15, 0.2) is 29.4 Å². The fourth-order valence-electron chi connectivity index (χ4n) is 1.18. The van der Waals surface area contributed by atoms with Crippen molar-refractivity contribution in [3.05, 3.63) is 29.2 Å². The normalized spacial score (nSPS) is 9.50. The molecule has 0 aliphatic rings. The minimum Gasteiger partial charge on any atom is -0.508 e. The molecule has 4 nitrogen and oxygen atoms in total. The Morgan fingerprint density at radius 3 is 1.75 bits per heavy atom. The largest absolute Gasteiger partial charge is 0.508 e. The van der Waals surface area contributed by atoms with Gasteiger partial charge in [0.1, 0.15) is 11.4 Å². The van der Waals surface area contributed by atoms with Gasteiger partial charge >= 0.3 is 0 Å². The Morgan fingerprint density at radius 2 is 1.50 bits per heavy atom. The first kappa shape index (κ1) is 14.6. The van der Waals surface area contributed by atoms with Crippen LogP contribution in [-0.2, 0) is 0 Å². The SMILES string of the molecule is CCN(CC)CC.O=Nc1ccc(O)cc1. The molecular weight excluding hydrogens is 204 g/mol. The Hall–Kier alpha value is -1.42. The van der Waals surface area contributed by atoms with Gasteiger partial charge in [-0.05, 0) is 49.1 Å². The van der Waals surface area contributed by atoms with Crippen molar-refractivity contribution in [3.8, 4) is 5.75 Å². The van der Waals surface area contributed by atoms with Gasteiger partial charge in [0, 0.05) is 0 Å². The van der Waals surface area contributed by atoms with Gasteiger partial charge in [-0.1, -0.05) is 20.8 Å². The number of hydrogen-bond acceptors (Lipinski definition) is 4. The fraction of sp³-hybridized carbons (Fsp3) is 0.500. The summed E-state index contributed by atoms with van der Waals surface area (Å²) in [4.78, 5) is 12.2. The highest BCUT2D eigenvalue weighted by molar-refractivity contribution is 5.40. The molecule has 0 bridgehead atoms. The molecule has 0 saturated carbocycles. The van der Waals surface area contributed by atoms with Gasteiger partial charge in [0.05, 0.1) is 0 Å². The number of rotatable bonds is 4. The van der Waals surface area contributed by atoms with E-state index in [2.05, 4.69) is 30.8 Å². The Kier molecular flexibility index (Phi) is 8.07. The molecule has 4 heteroatoms. The average Bonchev–Trinajstić information content (AvgIpc) is 2.33. The number of phenols is 1. The Bertz CT molecular complexity index is 276. The van der Waals surface area contributed by atoms with Crippen LogP contribution in [-0.4, -0.2) is 29.6 Å². The molecule has 0 atom stereocenters.